The maximum atomic E-state index is 8.98. The maximum Gasteiger partial charge on any atom is 0.489 e. The molecule has 0 fully saturated rings. The predicted octanol–water partition coefficient (Wildman–Crippen LogP) is 0.825. The highest BCUT2D eigenvalue weighted by Gasteiger charge is 2.15. The van der Waals surface area contributed by atoms with Crippen LogP contribution >= 0.6 is 11.6 Å². The molecule has 0 aliphatic rings. The number of hydrogen-bond donors (Lipinski definition) is 2. The van der Waals surface area contributed by atoms with Gasteiger partial charge in [-0.15, -0.1) is 0 Å². The van der Waals surface area contributed by atoms with Crippen molar-refractivity contribution in [3.8, 4) is 5.75 Å². The van der Waals surface area contributed by atoms with Gasteiger partial charge in [0.15, 0.2) is 0 Å². The highest BCUT2D eigenvalue weighted by molar-refractivity contribution is 6.62. The SMILES string of the molecule is CCCOCCOc1ccc(B(O)O)c(Cl)c1. The van der Waals surface area contributed by atoms with E-state index in [1.54, 1.807) is 12.1 Å². The molecule has 0 unspecified atom stereocenters. The van der Waals surface area contributed by atoms with Gasteiger partial charge in [-0.25, -0.2) is 0 Å². The van der Waals surface area contributed by atoms with Crippen molar-refractivity contribution in [2.24, 2.45) is 0 Å². The standard InChI is InChI=1S/C11H16BClO4/c1-2-5-16-6-7-17-9-3-4-10(12(14)15)11(13)8-9/h3-4,8,14-15H,2,5-7H2,1H3. The lowest BCUT2D eigenvalue weighted by atomic mass is 9.80. The van der Waals surface area contributed by atoms with Crippen molar-refractivity contribution in [2.75, 3.05) is 19.8 Å². The number of halogens is 1. The smallest absolute Gasteiger partial charge is 0.489 e. The van der Waals surface area contributed by atoms with Crippen molar-refractivity contribution in [3.63, 3.8) is 0 Å². The number of hydrogen-bond acceptors (Lipinski definition) is 4. The summed E-state index contributed by atoms with van der Waals surface area (Å²) in [5, 5.41) is 18.2. The van der Waals surface area contributed by atoms with Crippen LogP contribution in [0, 0.1) is 0 Å². The Morgan fingerprint density at radius 1 is 1.24 bits per heavy atom. The van der Waals surface area contributed by atoms with E-state index in [0.29, 0.717) is 19.0 Å². The molecule has 0 saturated heterocycles. The van der Waals surface area contributed by atoms with Gasteiger partial charge >= 0.3 is 7.12 Å². The second-order valence-corrected chi connectivity index (χ2v) is 3.93. The number of rotatable bonds is 7. The van der Waals surface area contributed by atoms with Crippen molar-refractivity contribution < 1.29 is 19.5 Å². The summed E-state index contributed by atoms with van der Waals surface area (Å²) in [4.78, 5) is 0. The Balaban J connectivity index is 2.42. The van der Waals surface area contributed by atoms with Crippen molar-refractivity contribution in [3.05, 3.63) is 23.2 Å². The average molecular weight is 259 g/mol. The second-order valence-electron chi connectivity index (χ2n) is 3.52. The zero-order valence-corrected chi connectivity index (χ0v) is 10.5. The molecule has 0 spiro atoms. The third-order valence-electron chi connectivity index (χ3n) is 2.09. The average Bonchev–Trinajstić information content (AvgIpc) is 2.28. The van der Waals surface area contributed by atoms with Crippen LogP contribution in [-0.2, 0) is 4.74 Å². The zero-order valence-electron chi connectivity index (χ0n) is 9.73. The summed E-state index contributed by atoms with van der Waals surface area (Å²) >= 11 is 5.86. The number of benzene rings is 1. The van der Waals surface area contributed by atoms with Crippen LogP contribution in [0.4, 0.5) is 0 Å². The summed E-state index contributed by atoms with van der Waals surface area (Å²) in [5.41, 5.74) is 0.265. The maximum absolute atomic E-state index is 8.98. The van der Waals surface area contributed by atoms with Crippen LogP contribution in [0.15, 0.2) is 18.2 Å². The van der Waals surface area contributed by atoms with Crippen molar-refractivity contribution >= 4 is 24.2 Å². The Labute approximate surface area is 106 Å². The molecule has 94 valence electrons. The van der Waals surface area contributed by atoms with Crippen molar-refractivity contribution in [1.29, 1.82) is 0 Å². The molecule has 0 heterocycles. The van der Waals surface area contributed by atoms with E-state index in [9.17, 15) is 0 Å². The summed E-state index contributed by atoms with van der Waals surface area (Å²) in [5.74, 6) is 0.583. The molecular weight excluding hydrogens is 242 g/mol. The van der Waals surface area contributed by atoms with Crippen LogP contribution < -0.4 is 10.2 Å². The first-order valence-electron chi connectivity index (χ1n) is 5.51. The van der Waals surface area contributed by atoms with E-state index in [0.717, 1.165) is 13.0 Å². The first kappa shape index (κ1) is 14.3. The molecule has 0 atom stereocenters. The van der Waals surface area contributed by atoms with Gasteiger partial charge < -0.3 is 19.5 Å². The predicted molar refractivity (Wildman–Crippen MR) is 67.9 cm³/mol. The zero-order chi connectivity index (χ0) is 12.7. The van der Waals surface area contributed by atoms with Crippen LogP contribution in [0.3, 0.4) is 0 Å². The lowest BCUT2D eigenvalue weighted by Crippen LogP contribution is -2.30. The van der Waals surface area contributed by atoms with Gasteiger partial charge in [-0.1, -0.05) is 24.6 Å². The Morgan fingerprint density at radius 2 is 2.00 bits per heavy atom. The minimum absolute atomic E-state index is 0.265. The van der Waals surface area contributed by atoms with E-state index in [2.05, 4.69) is 0 Å². The fourth-order valence-electron chi connectivity index (χ4n) is 1.27. The molecule has 17 heavy (non-hydrogen) atoms. The molecule has 0 bridgehead atoms. The first-order chi connectivity index (χ1) is 8.15. The van der Waals surface area contributed by atoms with Gasteiger partial charge in [0.25, 0.3) is 0 Å². The van der Waals surface area contributed by atoms with E-state index < -0.39 is 7.12 Å². The van der Waals surface area contributed by atoms with Gasteiger partial charge in [-0.3, -0.25) is 0 Å². The molecule has 0 radical (unpaired) electrons. The van der Waals surface area contributed by atoms with Gasteiger partial charge in [0.05, 0.1) is 6.61 Å². The van der Waals surface area contributed by atoms with E-state index in [-0.39, 0.29) is 10.5 Å². The van der Waals surface area contributed by atoms with Crippen LogP contribution in [0.5, 0.6) is 5.75 Å². The van der Waals surface area contributed by atoms with Crippen molar-refractivity contribution in [2.45, 2.75) is 13.3 Å². The first-order valence-corrected chi connectivity index (χ1v) is 5.89. The monoisotopic (exact) mass is 258 g/mol. The van der Waals surface area contributed by atoms with E-state index in [4.69, 9.17) is 31.1 Å². The third-order valence-corrected chi connectivity index (χ3v) is 2.42. The number of ether oxygens (including phenoxy) is 2. The summed E-state index contributed by atoms with van der Waals surface area (Å²) < 4.78 is 10.7. The fraction of sp³-hybridized carbons (Fsp3) is 0.455. The molecule has 1 rings (SSSR count). The van der Waals surface area contributed by atoms with Gasteiger partial charge in [-0.2, -0.15) is 0 Å². The Hall–Kier alpha value is -0.745. The summed E-state index contributed by atoms with van der Waals surface area (Å²) in [7, 11) is -1.57. The van der Waals surface area contributed by atoms with Crippen molar-refractivity contribution in [1.82, 2.24) is 0 Å². The van der Waals surface area contributed by atoms with E-state index >= 15 is 0 Å². The quantitative estimate of drug-likeness (QED) is 0.562. The molecule has 1 aromatic rings. The molecular formula is C11H16BClO4. The highest BCUT2D eigenvalue weighted by Crippen LogP contribution is 2.15. The topological polar surface area (TPSA) is 58.9 Å². The minimum atomic E-state index is -1.57. The van der Waals surface area contributed by atoms with Gasteiger partial charge in [0.2, 0.25) is 0 Å². The molecule has 4 nitrogen and oxygen atoms in total. The minimum Gasteiger partial charge on any atom is -0.491 e. The molecule has 2 N–H and O–H groups in total. The van der Waals surface area contributed by atoms with Gasteiger partial charge in [0, 0.05) is 17.1 Å². The van der Waals surface area contributed by atoms with E-state index in [1.807, 2.05) is 6.92 Å². The fourth-order valence-corrected chi connectivity index (χ4v) is 1.54. The Bertz CT molecular complexity index is 346. The molecule has 0 saturated carbocycles. The molecule has 0 aliphatic carbocycles. The van der Waals surface area contributed by atoms with Crippen LogP contribution in [-0.4, -0.2) is 37.0 Å². The van der Waals surface area contributed by atoms with Gasteiger partial charge in [-0.05, 0) is 18.6 Å². The second kappa shape index (κ2) is 7.56. The lowest BCUT2D eigenvalue weighted by Gasteiger charge is -2.09. The molecule has 1 aromatic carbocycles. The normalized spacial score (nSPS) is 10.4. The highest BCUT2D eigenvalue weighted by atomic mass is 35.5. The van der Waals surface area contributed by atoms with Crippen LogP contribution in [0.1, 0.15) is 13.3 Å². The molecule has 0 amide bonds. The molecule has 6 heteroatoms. The van der Waals surface area contributed by atoms with E-state index in [1.165, 1.54) is 6.07 Å². The molecule has 0 aromatic heterocycles. The van der Waals surface area contributed by atoms with Crippen LogP contribution in [0.25, 0.3) is 0 Å². The largest absolute Gasteiger partial charge is 0.491 e. The summed E-state index contributed by atoms with van der Waals surface area (Å²) in [6, 6.07) is 4.71. The molecule has 0 aliphatic heterocycles. The Kier molecular flexibility index (Phi) is 6.36. The Morgan fingerprint density at radius 3 is 2.59 bits per heavy atom. The summed E-state index contributed by atoms with van der Waals surface area (Å²) in [6.07, 6.45) is 0.981. The van der Waals surface area contributed by atoms with Gasteiger partial charge in [0.1, 0.15) is 12.4 Å². The third kappa shape index (κ3) is 4.96. The lowest BCUT2D eigenvalue weighted by molar-refractivity contribution is 0.101. The van der Waals surface area contributed by atoms with Crippen LogP contribution in [0.2, 0.25) is 5.02 Å². The summed E-state index contributed by atoms with van der Waals surface area (Å²) in [6.45, 7) is 3.73.